The van der Waals surface area contributed by atoms with E-state index in [0.717, 1.165) is 11.6 Å². The Morgan fingerprint density at radius 1 is 1.07 bits per heavy atom. The minimum Gasteiger partial charge on any atom is -0.348 e. The minimum atomic E-state index is -3.88. The van der Waals surface area contributed by atoms with Crippen LogP contribution in [-0.2, 0) is 14.8 Å². The third-order valence-electron chi connectivity index (χ3n) is 5.56. The Morgan fingerprint density at radius 3 is 2.37 bits per heavy atom. The fourth-order valence-electron chi connectivity index (χ4n) is 3.53. The summed E-state index contributed by atoms with van der Waals surface area (Å²) in [4.78, 5) is 14.1. The molecule has 0 radical (unpaired) electrons. The molecule has 1 N–H and O–H groups in total. The van der Waals surface area contributed by atoms with Gasteiger partial charge in [-0.15, -0.1) is 0 Å². The van der Waals surface area contributed by atoms with E-state index in [1.807, 2.05) is 37.8 Å². The fraction of sp³-hybridized carbons (Fsp3) is 0.409. The maximum Gasteiger partial charge on any atom is 0.246 e. The van der Waals surface area contributed by atoms with Crippen molar-refractivity contribution in [1.82, 2.24) is 14.5 Å². The Bertz CT molecular complexity index is 1020. The van der Waals surface area contributed by atoms with Gasteiger partial charge in [0.25, 0.3) is 0 Å². The molecule has 1 aliphatic heterocycles. The van der Waals surface area contributed by atoms with Crippen LogP contribution in [0.5, 0.6) is 0 Å². The molecule has 1 amide bonds. The van der Waals surface area contributed by atoms with Gasteiger partial charge in [0.15, 0.2) is 0 Å². The second-order valence-electron chi connectivity index (χ2n) is 7.74. The molecule has 0 spiro atoms. The summed E-state index contributed by atoms with van der Waals surface area (Å²) in [6.07, 6.45) is 0. The first-order valence-electron chi connectivity index (χ1n) is 10.0. The van der Waals surface area contributed by atoms with Gasteiger partial charge >= 0.3 is 0 Å². The molecule has 8 heteroatoms. The number of benzene rings is 2. The van der Waals surface area contributed by atoms with E-state index < -0.39 is 15.8 Å². The Morgan fingerprint density at radius 2 is 1.73 bits per heavy atom. The van der Waals surface area contributed by atoms with Gasteiger partial charge in [0.05, 0.1) is 12.6 Å². The lowest BCUT2D eigenvalue weighted by Crippen LogP contribution is -2.51. The predicted molar refractivity (Wildman–Crippen MR) is 114 cm³/mol. The highest BCUT2D eigenvalue weighted by molar-refractivity contribution is 7.89. The van der Waals surface area contributed by atoms with E-state index in [1.165, 1.54) is 33.6 Å². The van der Waals surface area contributed by atoms with Gasteiger partial charge < -0.3 is 5.32 Å². The topological polar surface area (TPSA) is 69.7 Å². The maximum absolute atomic E-state index is 13.9. The van der Waals surface area contributed by atoms with Gasteiger partial charge in [-0.05, 0) is 49.6 Å². The van der Waals surface area contributed by atoms with Crippen molar-refractivity contribution < 1.29 is 17.6 Å². The van der Waals surface area contributed by atoms with Crippen LogP contribution in [0.15, 0.2) is 47.4 Å². The molecule has 30 heavy (non-hydrogen) atoms. The third kappa shape index (κ3) is 5.06. The van der Waals surface area contributed by atoms with Crippen LogP contribution in [0.4, 0.5) is 4.39 Å². The van der Waals surface area contributed by atoms with Crippen molar-refractivity contribution >= 4 is 15.9 Å². The van der Waals surface area contributed by atoms with E-state index in [1.54, 1.807) is 0 Å². The SMILES string of the molecule is Cc1ccc(C(C)NC(=O)CN2CCN(S(=O)(=O)c3ccccc3F)CC2)cc1C. The van der Waals surface area contributed by atoms with Gasteiger partial charge in [-0.2, -0.15) is 4.31 Å². The van der Waals surface area contributed by atoms with E-state index >= 15 is 0 Å². The van der Waals surface area contributed by atoms with Gasteiger partial charge in [-0.1, -0.05) is 30.3 Å². The number of hydrogen-bond acceptors (Lipinski definition) is 4. The van der Waals surface area contributed by atoms with Crippen LogP contribution in [0, 0.1) is 19.7 Å². The Kier molecular flexibility index (Phi) is 6.90. The van der Waals surface area contributed by atoms with E-state index in [2.05, 4.69) is 11.4 Å². The quantitative estimate of drug-likeness (QED) is 0.760. The van der Waals surface area contributed by atoms with Crippen LogP contribution in [0.25, 0.3) is 0 Å². The normalized spacial score (nSPS) is 16.9. The summed E-state index contributed by atoms with van der Waals surface area (Å²) < 4.78 is 40.6. The molecular formula is C22H28FN3O3S. The van der Waals surface area contributed by atoms with Crippen molar-refractivity contribution in [3.05, 3.63) is 65.0 Å². The molecule has 2 aromatic rings. The second kappa shape index (κ2) is 9.24. The highest BCUT2D eigenvalue weighted by Gasteiger charge is 2.31. The van der Waals surface area contributed by atoms with Crippen LogP contribution in [0.1, 0.15) is 29.7 Å². The summed E-state index contributed by atoms with van der Waals surface area (Å²) in [5.41, 5.74) is 3.44. The summed E-state index contributed by atoms with van der Waals surface area (Å²) in [5, 5.41) is 3.00. The highest BCUT2D eigenvalue weighted by atomic mass is 32.2. The second-order valence-corrected chi connectivity index (χ2v) is 9.65. The van der Waals surface area contributed by atoms with Crippen LogP contribution in [0.3, 0.4) is 0 Å². The number of hydrogen-bond donors (Lipinski definition) is 1. The molecule has 1 heterocycles. The fourth-order valence-corrected chi connectivity index (χ4v) is 5.02. The molecule has 0 bridgehead atoms. The molecule has 3 rings (SSSR count). The first-order chi connectivity index (χ1) is 14.2. The van der Waals surface area contributed by atoms with Gasteiger partial charge in [-0.3, -0.25) is 9.69 Å². The Balaban J connectivity index is 1.53. The number of nitrogens with zero attached hydrogens (tertiary/aromatic N) is 2. The zero-order valence-corrected chi connectivity index (χ0v) is 18.4. The number of piperazine rings is 1. The van der Waals surface area contributed by atoms with Crippen LogP contribution in [0.2, 0.25) is 0 Å². The van der Waals surface area contributed by atoms with E-state index in [0.29, 0.717) is 13.1 Å². The number of aryl methyl sites for hydroxylation is 2. The number of carbonyl (C=O) groups excluding carboxylic acids is 1. The third-order valence-corrected chi connectivity index (χ3v) is 7.49. The van der Waals surface area contributed by atoms with Crippen molar-refractivity contribution in [2.45, 2.75) is 31.7 Å². The number of nitrogens with one attached hydrogen (secondary N) is 1. The molecule has 1 atom stereocenters. The van der Waals surface area contributed by atoms with Crippen molar-refractivity contribution in [1.29, 1.82) is 0 Å². The summed E-state index contributed by atoms with van der Waals surface area (Å²) in [5.74, 6) is -0.856. The molecule has 0 aromatic heterocycles. The average Bonchev–Trinajstić information content (AvgIpc) is 2.70. The molecule has 1 fully saturated rings. The van der Waals surface area contributed by atoms with Crippen molar-refractivity contribution in [3.8, 4) is 0 Å². The van der Waals surface area contributed by atoms with Crippen LogP contribution < -0.4 is 5.32 Å². The highest BCUT2D eigenvalue weighted by Crippen LogP contribution is 2.20. The van der Waals surface area contributed by atoms with E-state index in [9.17, 15) is 17.6 Å². The molecule has 2 aromatic carbocycles. The smallest absolute Gasteiger partial charge is 0.246 e. The number of halogens is 1. The van der Waals surface area contributed by atoms with Crippen molar-refractivity contribution in [2.24, 2.45) is 0 Å². The molecular weight excluding hydrogens is 405 g/mol. The molecule has 0 aliphatic carbocycles. The number of sulfonamides is 1. The molecule has 6 nitrogen and oxygen atoms in total. The predicted octanol–water partition coefficient (Wildman–Crippen LogP) is 2.63. The minimum absolute atomic E-state index is 0.105. The standard InChI is InChI=1S/C22H28FN3O3S/c1-16-8-9-19(14-17(16)2)18(3)24-22(27)15-25-10-12-26(13-11-25)30(28,29)21-7-5-4-6-20(21)23/h4-9,14,18H,10-13,15H2,1-3H3,(H,24,27). The van der Waals surface area contributed by atoms with Gasteiger partial charge in [0.2, 0.25) is 15.9 Å². The molecule has 0 saturated carbocycles. The Labute approximate surface area is 177 Å². The summed E-state index contributed by atoms with van der Waals surface area (Å²) in [6.45, 7) is 7.51. The van der Waals surface area contributed by atoms with Crippen LogP contribution in [-0.4, -0.2) is 56.3 Å². The van der Waals surface area contributed by atoms with E-state index in [-0.39, 0.29) is 36.5 Å². The molecule has 1 unspecified atom stereocenters. The summed E-state index contributed by atoms with van der Waals surface area (Å²) >= 11 is 0. The largest absolute Gasteiger partial charge is 0.348 e. The molecule has 1 aliphatic rings. The average molecular weight is 434 g/mol. The lowest BCUT2D eigenvalue weighted by atomic mass is 10.0. The maximum atomic E-state index is 13.9. The molecule has 162 valence electrons. The molecule has 1 saturated heterocycles. The zero-order valence-electron chi connectivity index (χ0n) is 17.6. The first-order valence-corrected chi connectivity index (χ1v) is 11.5. The zero-order chi connectivity index (χ0) is 21.9. The van der Waals surface area contributed by atoms with Crippen molar-refractivity contribution in [2.75, 3.05) is 32.7 Å². The number of rotatable bonds is 6. The van der Waals surface area contributed by atoms with Gasteiger partial charge in [-0.25, -0.2) is 12.8 Å². The summed E-state index contributed by atoms with van der Waals surface area (Å²) in [6, 6.07) is 11.4. The first kappa shape index (κ1) is 22.4. The number of carbonyl (C=O) groups is 1. The lowest BCUT2D eigenvalue weighted by molar-refractivity contribution is -0.123. The lowest BCUT2D eigenvalue weighted by Gasteiger charge is -2.33. The number of amides is 1. The van der Waals surface area contributed by atoms with Gasteiger partial charge in [0, 0.05) is 26.2 Å². The van der Waals surface area contributed by atoms with Gasteiger partial charge in [0.1, 0.15) is 10.7 Å². The Hall–Kier alpha value is -2.29. The monoisotopic (exact) mass is 433 g/mol. The van der Waals surface area contributed by atoms with Crippen LogP contribution >= 0.6 is 0 Å². The summed E-state index contributed by atoms with van der Waals surface area (Å²) in [7, 11) is -3.88. The van der Waals surface area contributed by atoms with Crippen molar-refractivity contribution in [3.63, 3.8) is 0 Å². The van der Waals surface area contributed by atoms with E-state index in [4.69, 9.17) is 0 Å².